The lowest BCUT2D eigenvalue weighted by atomic mass is 10.1. The Morgan fingerprint density at radius 2 is 1.76 bits per heavy atom. The van der Waals surface area contributed by atoms with E-state index < -0.39 is 10.0 Å². The van der Waals surface area contributed by atoms with Crippen LogP contribution >= 0.6 is 11.6 Å². The average Bonchev–Trinajstić information content (AvgIpc) is 2.73. The van der Waals surface area contributed by atoms with E-state index in [9.17, 15) is 8.42 Å². The van der Waals surface area contributed by atoms with E-state index in [1.165, 1.54) is 0 Å². The summed E-state index contributed by atoms with van der Waals surface area (Å²) in [5.41, 5.74) is 2.53. The second-order valence-electron chi connectivity index (χ2n) is 4.67. The lowest BCUT2D eigenvalue weighted by Gasteiger charge is -2.07. The number of hydrogen-bond donors (Lipinski definition) is 1. The largest absolute Gasteiger partial charge is 0.339 e. The summed E-state index contributed by atoms with van der Waals surface area (Å²) in [6.45, 7) is 0. The summed E-state index contributed by atoms with van der Waals surface area (Å²) >= 11 is 5.70. The van der Waals surface area contributed by atoms with Crippen molar-refractivity contribution in [3.63, 3.8) is 0 Å². The van der Waals surface area contributed by atoms with Crippen molar-refractivity contribution in [2.24, 2.45) is 4.40 Å². The summed E-state index contributed by atoms with van der Waals surface area (Å²) in [7, 11) is -3.58. The van der Waals surface area contributed by atoms with E-state index in [0.717, 1.165) is 17.7 Å². The number of alkyl halides is 1. The van der Waals surface area contributed by atoms with Crippen LogP contribution in [0.4, 0.5) is 5.69 Å². The molecular formula is C15H13ClN2O2S. The molecule has 108 valence electrons. The SMILES string of the molecule is O=S1(=O)N=C(Nc2ccc(CCCl)cc2)c2ccccc21. The molecule has 21 heavy (non-hydrogen) atoms. The van der Waals surface area contributed by atoms with E-state index >= 15 is 0 Å². The number of anilines is 1. The summed E-state index contributed by atoms with van der Waals surface area (Å²) in [6, 6.07) is 14.5. The monoisotopic (exact) mass is 320 g/mol. The lowest BCUT2D eigenvalue weighted by Crippen LogP contribution is -2.11. The number of rotatable bonds is 3. The summed E-state index contributed by atoms with van der Waals surface area (Å²) in [5, 5.41) is 3.06. The minimum Gasteiger partial charge on any atom is -0.339 e. The van der Waals surface area contributed by atoms with Crippen LogP contribution in [0, 0.1) is 0 Å². The molecule has 0 aromatic heterocycles. The van der Waals surface area contributed by atoms with Gasteiger partial charge in [0.05, 0.1) is 0 Å². The first-order chi connectivity index (χ1) is 10.1. The van der Waals surface area contributed by atoms with Gasteiger partial charge in [-0.25, -0.2) is 0 Å². The Kier molecular flexibility index (Phi) is 3.69. The molecule has 1 heterocycles. The van der Waals surface area contributed by atoms with Crippen LogP contribution in [0.2, 0.25) is 0 Å². The first-order valence-electron chi connectivity index (χ1n) is 6.46. The molecule has 2 aromatic carbocycles. The number of benzene rings is 2. The van der Waals surface area contributed by atoms with Crippen molar-refractivity contribution in [2.45, 2.75) is 11.3 Å². The highest BCUT2D eigenvalue weighted by atomic mass is 35.5. The van der Waals surface area contributed by atoms with Gasteiger partial charge in [-0.05, 0) is 36.2 Å². The van der Waals surface area contributed by atoms with Gasteiger partial charge in [-0.15, -0.1) is 16.0 Å². The molecule has 2 aromatic rings. The zero-order valence-corrected chi connectivity index (χ0v) is 12.7. The van der Waals surface area contributed by atoms with Crippen LogP contribution in [0.15, 0.2) is 57.8 Å². The maximum absolute atomic E-state index is 12.0. The molecule has 0 amide bonds. The van der Waals surface area contributed by atoms with Crippen LogP contribution in [-0.2, 0) is 16.4 Å². The molecule has 1 N–H and O–H groups in total. The standard InChI is InChI=1S/C15H13ClN2O2S/c16-10-9-11-5-7-12(8-6-11)17-15-13-3-1-2-4-14(13)21(19,20)18-15/h1-8H,9-10H2,(H,17,18). The number of aryl methyl sites for hydroxylation is 1. The third kappa shape index (κ3) is 2.80. The predicted molar refractivity (Wildman–Crippen MR) is 84.7 cm³/mol. The van der Waals surface area contributed by atoms with Gasteiger partial charge >= 0.3 is 0 Å². The van der Waals surface area contributed by atoms with Crippen molar-refractivity contribution in [1.29, 1.82) is 0 Å². The van der Waals surface area contributed by atoms with Gasteiger partial charge in [-0.3, -0.25) is 0 Å². The van der Waals surface area contributed by atoms with Gasteiger partial charge < -0.3 is 5.32 Å². The van der Waals surface area contributed by atoms with E-state index in [4.69, 9.17) is 11.6 Å². The number of hydrogen-bond acceptors (Lipinski definition) is 3. The average molecular weight is 321 g/mol. The van der Waals surface area contributed by atoms with Crippen LogP contribution in [0.1, 0.15) is 11.1 Å². The third-order valence-corrected chi connectivity index (χ3v) is 4.76. The Morgan fingerprint density at radius 3 is 2.48 bits per heavy atom. The Hall–Kier alpha value is -1.85. The van der Waals surface area contributed by atoms with Gasteiger partial charge in [0.15, 0.2) is 5.84 Å². The second-order valence-corrected chi connectivity index (χ2v) is 6.62. The molecule has 4 nitrogen and oxygen atoms in total. The lowest BCUT2D eigenvalue weighted by molar-refractivity contribution is 0.599. The molecule has 0 unspecified atom stereocenters. The fraction of sp³-hybridized carbons (Fsp3) is 0.133. The number of sulfonamides is 1. The van der Waals surface area contributed by atoms with Crippen molar-refractivity contribution in [1.82, 2.24) is 0 Å². The van der Waals surface area contributed by atoms with E-state index in [2.05, 4.69) is 9.71 Å². The number of halogens is 1. The Labute approximate surface area is 128 Å². The first-order valence-corrected chi connectivity index (χ1v) is 8.44. The predicted octanol–water partition coefficient (Wildman–Crippen LogP) is 3.03. The first kappa shape index (κ1) is 14.1. The molecule has 1 aliphatic heterocycles. The van der Waals surface area contributed by atoms with Gasteiger partial charge in [0.25, 0.3) is 10.0 Å². The van der Waals surface area contributed by atoms with Gasteiger partial charge in [-0.1, -0.05) is 24.3 Å². The molecule has 0 aliphatic carbocycles. The van der Waals surface area contributed by atoms with Gasteiger partial charge in [0.2, 0.25) is 0 Å². The number of nitrogens with one attached hydrogen (secondary N) is 1. The van der Waals surface area contributed by atoms with Gasteiger partial charge in [-0.2, -0.15) is 8.42 Å². The van der Waals surface area contributed by atoms with Crippen molar-refractivity contribution in [3.8, 4) is 0 Å². The van der Waals surface area contributed by atoms with Gasteiger partial charge in [0.1, 0.15) is 4.90 Å². The van der Waals surface area contributed by atoms with Crippen molar-refractivity contribution in [2.75, 3.05) is 11.2 Å². The van der Waals surface area contributed by atoms with E-state index in [-0.39, 0.29) is 4.90 Å². The zero-order chi connectivity index (χ0) is 14.9. The molecule has 0 atom stereocenters. The smallest absolute Gasteiger partial charge is 0.285 e. The summed E-state index contributed by atoms with van der Waals surface area (Å²) in [5.74, 6) is 0.932. The molecule has 0 spiro atoms. The van der Waals surface area contributed by atoms with Crippen LogP contribution in [0.5, 0.6) is 0 Å². The number of fused-ring (bicyclic) bond motifs is 1. The molecule has 0 fully saturated rings. The number of amidine groups is 1. The van der Waals surface area contributed by atoms with Crippen molar-refractivity contribution >= 4 is 33.1 Å². The normalized spacial score (nSPS) is 15.4. The Morgan fingerprint density at radius 1 is 1.05 bits per heavy atom. The van der Waals surface area contributed by atoms with E-state index in [1.54, 1.807) is 24.3 Å². The van der Waals surface area contributed by atoms with Crippen LogP contribution < -0.4 is 5.32 Å². The fourth-order valence-electron chi connectivity index (χ4n) is 2.20. The maximum Gasteiger partial charge on any atom is 0.285 e. The topological polar surface area (TPSA) is 58.5 Å². The Bertz CT molecular complexity index is 799. The summed E-state index contributed by atoms with van der Waals surface area (Å²) < 4.78 is 27.7. The minimum absolute atomic E-state index is 0.242. The molecule has 0 saturated heterocycles. The summed E-state index contributed by atoms with van der Waals surface area (Å²) in [4.78, 5) is 0.242. The molecule has 6 heteroatoms. The molecule has 0 radical (unpaired) electrons. The highest BCUT2D eigenvalue weighted by Gasteiger charge is 2.28. The second kappa shape index (κ2) is 5.50. The Balaban J connectivity index is 1.89. The van der Waals surface area contributed by atoms with E-state index in [0.29, 0.717) is 17.3 Å². The molecule has 0 saturated carbocycles. The van der Waals surface area contributed by atoms with Gasteiger partial charge in [0, 0.05) is 17.1 Å². The van der Waals surface area contributed by atoms with Crippen molar-refractivity contribution < 1.29 is 8.42 Å². The third-order valence-electron chi connectivity index (χ3n) is 3.23. The molecule has 3 rings (SSSR count). The number of nitrogens with zero attached hydrogens (tertiary/aromatic N) is 1. The highest BCUT2D eigenvalue weighted by Crippen LogP contribution is 2.26. The highest BCUT2D eigenvalue weighted by molar-refractivity contribution is 7.90. The fourth-order valence-corrected chi connectivity index (χ4v) is 3.59. The van der Waals surface area contributed by atoms with E-state index in [1.807, 2.05) is 24.3 Å². The molecule has 1 aliphatic rings. The van der Waals surface area contributed by atoms with Crippen molar-refractivity contribution in [3.05, 3.63) is 59.7 Å². The maximum atomic E-state index is 12.0. The summed E-state index contributed by atoms with van der Waals surface area (Å²) in [6.07, 6.45) is 0.806. The van der Waals surface area contributed by atoms with Crippen LogP contribution in [-0.4, -0.2) is 20.1 Å². The molecular weight excluding hydrogens is 308 g/mol. The zero-order valence-electron chi connectivity index (χ0n) is 11.1. The minimum atomic E-state index is -3.58. The van der Waals surface area contributed by atoms with Crippen LogP contribution in [0.25, 0.3) is 0 Å². The molecule has 0 bridgehead atoms. The quantitative estimate of drug-likeness (QED) is 0.884. The van der Waals surface area contributed by atoms with Crippen LogP contribution in [0.3, 0.4) is 0 Å².